The summed E-state index contributed by atoms with van der Waals surface area (Å²) in [6, 6.07) is 10.2. The number of rotatable bonds is 1. The van der Waals surface area contributed by atoms with Crippen molar-refractivity contribution in [2.24, 2.45) is 0 Å². The fourth-order valence-electron chi connectivity index (χ4n) is 1.59. The number of carbonyl (C=O) groups excluding carboxylic acids is 1. The van der Waals surface area contributed by atoms with Crippen LogP contribution in [0.2, 0.25) is 0 Å². The summed E-state index contributed by atoms with van der Waals surface area (Å²) >= 11 is 2.27. The molecule has 4 heteroatoms. The Bertz CT molecular complexity index is 453. The number of hydrogen-bond acceptors (Lipinski definition) is 1. The molecule has 1 fully saturated rings. The fourth-order valence-corrected chi connectivity index (χ4v) is 5.31. The molecule has 0 unspecified atom stereocenters. The SMILES string of the molecule is CC1(C)NC(=O)[Se]/C1=C(/I)c1ccccc1. The van der Waals surface area contributed by atoms with Crippen LogP contribution in [0, 0.1) is 0 Å². The first-order valence-corrected chi connectivity index (χ1v) is 7.75. The van der Waals surface area contributed by atoms with E-state index in [0.717, 1.165) is 0 Å². The van der Waals surface area contributed by atoms with E-state index < -0.39 is 0 Å². The molecule has 0 saturated carbocycles. The molecule has 0 aromatic heterocycles. The molecule has 1 aliphatic rings. The quantitative estimate of drug-likeness (QED) is 0.578. The summed E-state index contributed by atoms with van der Waals surface area (Å²) in [7, 11) is 0. The molecule has 0 radical (unpaired) electrons. The van der Waals surface area contributed by atoms with Gasteiger partial charge in [-0.25, -0.2) is 0 Å². The van der Waals surface area contributed by atoms with Crippen molar-refractivity contribution in [2.75, 3.05) is 0 Å². The van der Waals surface area contributed by atoms with Crippen molar-refractivity contribution in [2.45, 2.75) is 19.4 Å². The van der Waals surface area contributed by atoms with Gasteiger partial charge in [-0.15, -0.1) is 0 Å². The van der Waals surface area contributed by atoms with Crippen molar-refractivity contribution in [3.8, 4) is 0 Å². The predicted octanol–water partition coefficient (Wildman–Crippen LogP) is 3.00. The van der Waals surface area contributed by atoms with E-state index in [0.29, 0.717) is 0 Å². The van der Waals surface area contributed by atoms with Crippen molar-refractivity contribution < 1.29 is 4.79 Å². The van der Waals surface area contributed by atoms with Crippen LogP contribution in [0.5, 0.6) is 0 Å². The van der Waals surface area contributed by atoms with Gasteiger partial charge in [-0.1, -0.05) is 0 Å². The normalized spacial score (nSPS) is 21.8. The van der Waals surface area contributed by atoms with Gasteiger partial charge in [-0.2, -0.15) is 0 Å². The first kappa shape index (κ1) is 12.1. The van der Waals surface area contributed by atoms with Crippen LogP contribution < -0.4 is 5.32 Å². The Morgan fingerprint density at radius 1 is 1.31 bits per heavy atom. The molecule has 1 aliphatic heterocycles. The van der Waals surface area contributed by atoms with Gasteiger partial charge in [0.25, 0.3) is 0 Å². The van der Waals surface area contributed by atoms with Gasteiger partial charge in [0.05, 0.1) is 0 Å². The van der Waals surface area contributed by atoms with E-state index in [1.165, 1.54) is 13.6 Å². The molecule has 0 aliphatic carbocycles. The van der Waals surface area contributed by atoms with Crippen molar-refractivity contribution in [1.29, 1.82) is 0 Å². The average molecular weight is 392 g/mol. The third-order valence-electron chi connectivity index (χ3n) is 2.40. The van der Waals surface area contributed by atoms with Gasteiger partial charge >= 0.3 is 116 Å². The Hall–Kier alpha value is -0.321. The van der Waals surface area contributed by atoms with Crippen LogP contribution in [0.4, 0.5) is 4.79 Å². The molecule has 0 atom stereocenters. The van der Waals surface area contributed by atoms with Crippen LogP contribution in [-0.2, 0) is 0 Å². The summed E-state index contributed by atoms with van der Waals surface area (Å²) in [6.45, 7) is 4.13. The van der Waals surface area contributed by atoms with Gasteiger partial charge in [0.15, 0.2) is 0 Å². The van der Waals surface area contributed by atoms with E-state index in [-0.39, 0.29) is 25.3 Å². The molecule has 1 saturated heterocycles. The van der Waals surface area contributed by atoms with Crippen LogP contribution in [-0.4, -0.2) is 25.3 Å². The number of halogens is 1. The Morgan fingerprint density at radius 2 is 1.94 bits per heavy atom. The third-order valence-corrected chi connectivity index (χ3v) is 6.92. The molecule has 1 aromatic carbocycles. The molecule has 1 heterocycles. The van der Waals surface area contributed by atoms with Crippen LogP contribution in [0.1, 0.15) is 19.4 Å². The Balaban J connectivity index is 2.46. The molecule has 2 nitrogen and oxygen atoms in total. The molecular formula is C12H12INOSe. The topological polar surface area (TPSA) is 29.1 Å². The second kappa shape index (κ2) is 4.51. The van der Waals surface area contributed by atoms with E-state index in [1.807, 2.05) is 18.2 Å². The minimum atomic E-state index is -0.191. The summed E-state index contributed by atoms with van der Waals surface area (Å²) in [5.74, 6) is 0. The summed E-state index contributed by atoms with van der Waals surface area (Å²) in [6.07, 6.45) is 0. The molecule has 2 rings (SSSR count). The summed E-state index contributed by atoms with van der Waals surface area (Å²) in [4.78, 5) is 11.7. The average Bonchev–Trinajstić information content (AvgIpc) is 2.52. The Kier molecular flexibility index (Phi) is 3.42. The second-order valence-electron chi connectivity index (χ2n) is 4.15. The van der Waals surface area contributed by atoms with Gasteiger partial charge < -0.3 is 0 Å². The van der Waals surface area contributed by atoms with Crippen molar-refractivity contribution in [3.63, 3.8) is 0 Å². The Morgan fingerprint density at radius 3 is 2.44 bits per heavy atom. The maximum absolute atomic E-state index is 11.5. The van der Waals surface area contributed by atoms with E-state index in [9.17, 15) is 4.79 Å². The fraction of sp³-hybridized carbons (Fsp3) is 0.250. The van der Waals surface area contributed by atoms with E-state index in [4.69, 9.17) is 0 Å². The molecule has 84 valence electrons. The van der Waals surface area contributed by atoms with Crippen molar-refractivity contribution in [1.82, 2.24) is 5.32 Å². The van der Waals surface area contributed by atoms with E-state index in [1.54, 1.807) is 0 Å². The number of hydrogen-bond donors (Lipinski definition) is 1. The number of carbonyl (C=O) groups is 1. The van der Waals surface area contributed by atoms with Crippen LogP contribution in [0.25, 0.3) is 3.58 Å². The van der Waals surface area contributed by atoms with E-state index >= 15 is 0 Å². The van der Waals surface area contributed by atoms with Gasteiger partial charge in [0.1, 0.15) is 0 Å². The zero-order valence-electron chi connectivity index (χ0n) is 9.08. The van der Waals surface area contributed by atoms with Crippen LogP contribution in [0.3, 0.4) is 0 Å². The van der Waals surface area contributed by atoms with Crippen molar-refractivity contribution in [3.05, 3.63) is 40.4 Å². The Labute approximate surface area is 115 Å². The summed E-state index contributed by atoms with van der Waals surface area (Å²) in [5.41, 5.74) is 1.01. The molecule has 1 N–H and O–H groups in total. The first-order valence-electron chi connectivity index (χ1n) is 4.96. The molecule has 0 spiro atoms. The molecule has 16 heavy (non-hydrogen) atoms. The number of benzene rings is 1. The predicted molar refractivity (Wildman–Crippen MR) is 75.7 cm³/mol. The standard InChI is InChI=1S/C12H12INOSe/c1-12(2)10(16-11(15)14-12)9(13)8-6-4-3-5-7-8/h3-7H,1-2H3,(H,14,15)/b10-9+. The monoisotopic (exact) mass is 393 g/mol. The zero-order chi connectivity index (χ0) is 11.8. The van der Waals surface area contributed by atoms with Gasteiger partial charge in [0, 0.05) is 0 Å². The van der Waals surface area contributed by atoms with Gasteiger partial charge in [0.2, 0.25) is 0 Å². The van der Waals surface area contributed by atoms with Crippen LogP contribution in [0.15, 0.2) is 34.8 Å². The van der Waals surface area contributed by atoms with Gasteiger partial charge in [-0.3, -0.25) is 0 Å². The molecule has 1 amide bonds. The number of nitrogens with one attached hydrogen (secondary N) is 1. The summed E-state index contributed by atoms with van der Waals surface area (Å²) in [5, 5.41) is 3.02. The summed E-state index contributed by atoms with van der Waals surface area (Å²) < 4.78 is 2.46. The zero-order valence-corrected chi connectivity index (χ0v) is 13.0. The maximum atomic E-state index is 11.5. The van der Waals surface area contributed by atoms with Gasteiger partial charge in [-0.05, 0) is 0 Å². The minimum absolute atomic E-state index is 0.0735. The molecule has 1 aromatic rings. The van der Waals surface area contributed by atoms with Crippen LogP contribution >= 0.6 is 22.6 Å². The first-order chi connectivity index (χ1) is 7.50. The molecule has 0 bridgehead atoms. The van der Waals surface area contributed by atoms with E-state index in [2.05, 4.69) is 53.9 Å². The number of amides is 1. The van der Waals surface area contributed by atoms with Crippen molar-refractivity contribution >= 4 is 45.9 Å². The third kappa shape index (κ3) is 2.34. The second-order valence-corrected chi connectivity index (χ2v) is 7.29. The molecular weight excluding hydrogens is 380 g/mol.